The van der Waals surface area contributed by atoms with Crippen LogP contribution in [0.2, 0.25) is 0 Å². The highest BCUT2D eigenvalue weighted by molar-refractivity contribution is 6.02. The monoisotopic (exact) mass is 1550 g/mol. The van der Waals surface area contributed by atoms with Crippen molar-refractivity contribution < 1.29 is 101 Å². The van der Waals surface area contributed by atoms with E-state index in [2.05, 4.69) is 35.4 Å². The third kappa shape index (κ3) is 19.5. The minimum atomic E-state index is -4.42. The number of carbonyl (C=O) groups excluding carboxylic acids is 4. The molecule has 0 fully saturated rings. The average Bonchev–Trinajstić information content (AvgIpc) is 1.62. The maximum atomic E-state index is 14.4. The molecule has 0 radical (unpaired) electrons. The number of esters is 2. The van der Waals surface area contributed by atoms with E-state index in [1.807, 2.05) is 14.7 Å². The average molecular weight is 1550 g/mol. The van der Waals surface area contributed by atoms with Gasteiger partial charge in [-0.25, -0.2) is 46.4 Å². The van der Waals surface area contributed by atoms with E-state index in [9.17, 15) is 86.6 Å². The Kier molecular flexibility index (Phi) is 26.1. The largest absolute Gasteiger partial charge is 0.478 e. The zero-order valence-electron chi connectivity index (χ0n) is 59.4. The van der Waals surface area contributed by atoms with E-state index in [1.165, 1.54) is 79.9 Å². The lowest BCUT2D eigenvalue weighted by Gasteiger charge is -2.21. The van der Waals surface area contributed by atoms with Crippen LogP contribution in [0.4, 0.5) is 70.1 Å². The maximum absolute atomic E-state index is 14.4. The van der Waals surface area contributed by atoms with Crippen LogP contribution in [0.15, 0.2) is 127 Å². The minimum Gasteiger partial charge on any atom is -0.478 e. The molecule has 6 heterocycles. The molecule has 6 N–H and O–H groups in total. The molecule has 35 heteroatoms. The molecule has 9 aromatic rings. The van der Waals surface area contributed by atoms with Gasteiger partial charge in [0.15, 0.2) is 0 Å². The summed E-state index contributed by atoms with van der Waals surface area (Å²) in [4.78, 5) is 77.1. The Morgan fingerprint density at radius 1 is 0.440 bits per heavy atom. The molecular weight excluding hydrogens is 1480 g/mol. The highest BCUT2D eigenvalue weighted by atomic mass is 35.5. The molecule has 0 saturated heterocycles. The Balaban J connectivity index is 0.000000192. The summed E-state index contributed by atoms with van der Waals surface area (Å²) in [5, 5.41) is 37.0. The molecule has 0 unspecified atom stereocenters. The second kappa shape index (κ2) is 34.2. The van der Waals surface area contributed by atoms with Gasteiger partial charge < -0.3 is 50.8 Å². The fourth-order valence-electron chi connectivity index (χ4n) is 12.3. The number of aryl methyl sites for hydroxylation is 3. The van der Waals surface area contributed by atoms with Gasteiger partial charge in [-0.3, -0.25) is 9.59 Å². The molecule has 3 atom stereocenters. The van der Waals surface area contributed by atoms with E-state index >= 15 is 0 Å². The molecule has 0 spiro atoms. The SMILES string of the molecule is COC(=O)c1ccc([C@H](C)N)cc1F.COC(=O)c1ccc([C@H](C)NC(=O)c2c(C)nn3c2N(Cc2ccc(C(F)(F)F)cc2)CC3)cc1F.Cc1nn2c(c1C(=O)N[C@@H](C)c1ccc(C(=O)O)c(F)c1)N(Cc1ccc(C(F)(F)F)cc1)CC2.Cc1nn2c(c1C(=O)O)N(Cc1ccc(C(F)(F)F)cc1)CC2.Cl. The van der Waals surface area contributed by atoms with Gasteiger partial charge in [0.1, 0.15) is 51.6 Å². The number of fused-ring (bicyclic) bond motifs is 3. The van der Waals surface area contributed by atoms with Crippen LogP contribution in [0.1, 0.15) is 168 Å². The number of aromatic carboxylic acids is 2. The van der Waals surface area contributed by atoms with Crippen LogP contribution in [-0.2, 0) is 67.3 Å². The zero-order chi connectivity index (χ0) is 79.2. The van der Waals surface area contributed by atoms with Crippen molar-refractivity contribution >= 4 is 65.6 Å². The van der Waals surface area contributed by atoms with Crippen LogP contribution in [0.5, 0.6) is 0 Å². The molecule has 22 nitrogen and oxygen atoms in total. The summed E-state index contributed by atoms with van der Waals surface area (Å²) < 4.78 is 171. The molecule has 0 bridgehead atoms. The number of rotatable bonds is 17. The summed E-state index contributed by atoms with van der Waals surface area (Å²) in [6, 6.07) is 25.1. The Morgan fingerprint density at radius 3 is 1.00 bits per heavy atom. The van der Waals surface area contributed by atoms with E-state index < -0.39 is 106 Å². The van der Waals surface area contributed by atoms with Crippen molar-refractivity contribution in [2.45, 2.75) is 117 Å². The normalized spacial score (nSPS) is 13.7. The lowest BCUT2D eigenvalue weighted by atomic mass is 10.0. The van der Waals surface area contributed by atoms with Gasteiger partial charge >= 0.3 is 42.4 Å². The van der Waals surface area contributed by atoms with Crippen molar-refractivity contribution in [2.24, 2.45) is 5.73 Å². The number of carboxylic acid groups (broad SMARTS) is 2. The number of hydrogen-bond acceptors (Lipinski definition) is 15. The summed E-state index contributed by atoms with van der Waals surface area (Å²) in [6.07, 6.45) is -13.2. The first kappa shape index (κ1) is 83.2. The van der Waals surface area contributed by atoms with E-state index in [1.54, 1.807) is 61.7 Å². The number of hydrogen-bond donors (Lipinski definition) is 5. The number of methoxy groups -OCH3 is 2. The molecule has 6 aromatic carbocycles. The molecule has 3 aromatic heterocycles. The van der Waals surface area contributed by atoms with Crippen molar-refractivity contribution in [1.29, 1.82) is 0 Å². The summed E-state index contributed by atoms with van der Waals surface area (Å²) in [5.41, 5.74) is 8.39. The predicted octanol–water partition coefficient (Wildman–Crippen LogP) is 14.2. The van der Waals surface area contributed by atoms with Crippen molar-refractivity contribution in [1.82, 2.24) is 40.0 Å². The molecule has 109 heavy (non-hydrogen) atoms. The molecule has 3 aliphatic rings. The van der Waals surface area contributed by atoms with Gasteiger partial charge in [0, 0.05) is 45.3 Å². The number of carbonyl (C=O) groups is 6. The fourth-order valence-corrected chi connectivity index (χ4v) is 12.3. The number of nitrogens with zero attached hydrogens (tertiary/aromatic N) is 9. The van der Waals surface area contributed by atoms with Crippen molar-refractivity contribution in [3.63, 3.8) is 0 Å². The van der Waals surface area contributed by atoms with Crippen LogP contribution in [-0.4, -0.2) is 109 Å². The van der Waals surface area contributed by atoms with Gasteiger partial charge in [-0.2, -0.15) is 54.8 Å². The lowest BCUT2D eigenvalue weighted by molar-refractivity contribution is -0.138. The third-order valence-electron chi connectivity index (χ3n) is 17.8. The number of amides is 2. The van der Waals surface area contributed by atoms with Gasteiger partial charge in [0.25, 0.3) is 11.8 Å². The molecular formula is C74H73ClF12N12O10. The Labute approximate surface area is 621 Å². The Bertz CT molecular complexity index is 4830. The van der Waals surface area contributed by atoms with Gasteiger partial charge in [-0.15, -0.1) is 12.4 Å². The number of carboxylic acids is 2. The van der Waals surface area contributed by atoms with E-state index in [-0.39, 0.29) is 35.1 Å². The number of ether oxygens (including phenoxy) is 2. The summed E-state index contributed by atoms with van der Waals surface area (Å²) in [7, 11) is 2.37. The molecule has 2 amide bonds. The number of nitrogens with two attached hydrogens (primary N) is 1. The molecule has 0 saturated carbocycles. The van der Waals surface area contributed by atoms with Crippen LogP contribution in [0.3, 0.4) is 0 Å². The maximum Gasteiger partial charge on any atom is 0.416 e. The van der Waals surface area contributed by atoms with E-state index in [4.69, 9.17) is 10.8 Å². The highest BCUT2D eigenvalue weighted by Gasteiger charge is 2.37. The lowest BCUT2D eigenvalue weighted by Crippen LogP contribution is -2.29. The van der Waals surface area contributed by atoms with Crippen molar-refractivity contribution in [2.75, 3.05) is 48.6 Å². The van der Waals surface area contributed by atoms with Gasteiger partial charge in [0.2, 0.25) is 0 Å². The smallest absolute Gasteiger partial charge is 0.416 e. The molecule has 12 rings (SSSR count). The number of aromatic nitrogens is 6. The van der Waals surface area contributed by atoms with Crippen LogP contribution < -0.4 is 31.1 Å². The minimum absolute atomic E-state index is 0. The number of benzene rings is 6. The fraction of sp³-hybridized carbons (Fsp3) is 0.311. The number of halogens is 13. The first-order valence-electron chi connectivity index (χ1n) is 33.1. The first-order valence-corrected chi connectivity index (χ1v) is 33.1. The van der Waals surface area contributed by atoms with Crippen LogP contribution >= 0.6 is 12.4 Å². The summed E-state index contributed by atoms with van der Waals surface area (Å²) in [5.74, 6) is -5.41. The van der Waals surface area contributed by atoms with E-state index in [0.717, 1.165) is 55.6 Å². The second-order valence-electron chi connectivity index (χ2n) is 25.4. The second-order valence-corrected chi connectivity index (χ2v) is 25.4. The molecule has 580 valence electrons. The Hall–Kier alpha value is -11.4. The van der Waals surface area contributed by atoms with Gasteiger partial charge in [-0.05, 0) is 148 Å². The predicted molar refractivity (Wildman–Crippen MR) is 376 cm³/mol. The number of nitrogens with one attached hydrogen (secondary N) is 2. The topological polar surface area (TPSA) is 275 Å². The van der Waals surface area contributed by atoms with Crippen molar-refractivity contribution in [3.05, 3.63) is 245 Å². The van der Waals surface area contributed by atoms with Crippen LogP contribution in [0.25, 0.3) is 0 Å². The third-order valence-corrected chi connectivity index (χ3v) is 17.8. The molecule has 3 aliphatic heterocycles. The summed E-state index contributed by atoms with van der Waals surface area (Å²) in [6.45, 7) is 14.3. The number of alkyl halides is 9. The molecule has 0 aliphatic carbocycles. The quantitative estimate of drug-likeness (QED) is 0.0418. The summed E-state index contributed by atoms with van der Waals surface area (Å²) >= 11 is 0. The highest BCUT2D eigenvalue weighted by Crippen LogP contribution is 2.37. The first-order chi connectivity index (χ1) is 50.8. The van der Waals surface area contributed by atoms with Gasteiger partial charge in [-0.1, -0.05) is 54.6 Å². The van der Waals surface area contributed by atoms with Crippen LogP contribution in [0, 0.1) is 38.2 Å². The zero-order valence-corrected chi connectivity index (χ0v) is 60.2. The van der Waals surface area contributed by atoms with E-state index in [0.29, 0.717) is 138 Å². The number of anilines is 3. The van der Waals surface area contributed by atoms with Gasteiger partial charge in [0.05, 0.1) is 96.4 Å². The van der Waals surface area contributed by atoms with Crippen molar-refractivity contribution in [3.8, 4) is 0 Å². The Morgan fingerprint density at radius 2 is 0.725 bits per heavy atom. The standard InChI is InChI=1S/C25H24F4N4O3.C24H22F4N4O3.C15H14F3N3O2.C10H12FNO2.ClH/c1-14(17-6-9-19(20(26)12-17)24(35)36-3)30-22(34)21-15(2)31-33-11-10-32(23(21)33)13-16-4-7-18(8-5-16)25(27,28)29;1-13(16-5-8-18(23(34)35)19(25)11-16)29-21(33)20-14(2)30-32-10-9-31(22(20)32)12-15-3-6-17(7-4-15)24(26,27)28;1-9-12(14(22)23)13-20(6-7-21(13)19-9)8-10-2-4-11(5-3-10)15(16,17)18;1-6(12)7-3-4-8(9(11)5-7)10(13)14-2;/h4-9,12,14H,10-11,13H2,1-3H3,(H,30,34);3-8,11,13H,9-10,12H2,1-2H3,(H,29,33)(H,34,35);2-5H,6-8H2,1H3,(H,22,23);3-6H,12H2,1-2H3;1H/t14-;13-;;6-;/m00.0./s1.